The van der Waals surface area contributed by atoms with Gasteiger partial charge in [-0.3, -0.25) is 9.59 Å². The number of nitrogens with zero attached hydrogens (tertiary/aromatic N) is 1. The van der Waals surface area contributed by atoms with E-state index in [1.165, 1.54) is 11.8 Å². The molecule has 2 N–H and O–H groups in total. The quantitative estimate of drug-likeness (QED) is 0.305. The lowest BCUT2D eigenvalue weighted by Crippen LogP contribution is -2.31. The zero-order valence-electron chi connectivity index (χ0n) is 17.6. The van der Waals surface area contributed by atoms with E-state index in [2.05, 4.69) is 21.9 Å². The summed E-state index contributed by atoms with van der Waals surface area (Å²) in [6.45, 7) is 3.99. The molecule has 1 amide bonds. The summed E-state index contributed by atoms with van der Waals surface area (Å²) in [6.07, 6.45) is 1.79. The Labute approximate surface area is 189 Å². The number of benzene rings is 2. The summed E-state index contributed by atoms with van der Waals surface area (Å²) in [5.74, 6) is 1.42. The molecule has 4 rings (SSSR count). The molecule has 0 saturated carbocycles. The molecule has 0 bridgehead atoms. The number of carbonyl (C=O) groups is 1. The lowest BCUT2D eigenvalue weighted by Gasteiger charge is -2.25. The van der Waals surface area contributed by atoms with Gasteiger partial charge in [-0.05, 0) is 23.3 Å². The van der Waals surface area contributed by atoms with Crippen molar-refractivity contribution in [2.75, 3.05) is 19.0 Å². The summed E-state index contributed by atoms with van der Waals surface area (Å²) in [6, 6.07) is 15.3. The van der Waals surface area contributed by atoms with Crippen molar-refractivity contribution < 1.29 is 14.3 Å². The molecule has 32 heavy (non-hydrogen) atoms. The van der Waals surface area contributed by atoms with E-state index in [0.717, 1.165) is 11.1 Å². The van der Waals surface area contributed by atoms with Crippen LogP contribution >= 0.6 is 11.8 Å². The molecular formula is C24H23N3O4S. The number of carbonyl (C=O) groups excluding carboxylic acids is 1. The molecule has 0 radical (unpaired) electrons. The molecule has 7 nitrogen and oxygen atoms in total. The highest BCUT2D eigenvalue weighted by atomic mass is 32.2. The molecule has 0 spiro atoms. The van der Waals surface area contributed by atoms with E-state index in [-0.39, 0.29) is 17.9 Å². The number of nitrogens with one attached hydrogen (secondary N) is 2. The van der Waals surface area contributed by atoms with Gasteiger partial charge in [-0.15, -0.1) is 0 Å². The average Bonchev–Trinajstić information content (AvgIpc) is 2.81. The molecular weight excluding hydrogens is 426 g/mol. The molecule has 0 unspecified atom stereocenters. The third-order valence-corrected chi connectivity index (χ3v) is 6.04. The zero-order valence-corrected chi connectivity index (χ0v) is 18.4. The molecule has 0 saturated heterocycles. The largest absolute Gasteiger partial charge is 0.493 e. The van der Waals surface area contributed by atoms with Gasteiger partial charge in [0.05, 0.1) is 12.7 Å². The maximum atomic E-state index is 13.0. The van der Waals surface area contributed by atoms with Gasteiger partial charge in [0, 0.05) is 18.1 Å². The average molecular weight is 450 g/mol. The highest BCUT2D eigenvalue weighted by Gasteiger charge is 2.31. The molecule has 2 heterocycles. The number of hydrogen-bond donors (Lipinski definition) is 2. The van der Waals surface area contributed by atoms with Crippen LogP contribution in [0.3, 0.4) is 0 Å². The van der Waals surface area contributed by atoms with Crippen molar-refractivity contribution in [2.45, 2.75) is 23.2 Å². The van der Waals surface area contributed by atoms with Crippen molar-refractivity contribution in [3.8, 4) is 11.5 Å². The smallest absolute Gasteiger partial charge is 0.257 e. The number of anilines is 1. The highest BCUT2D eigenvalue weighted by molar-refractivity contribution is 7.98. The van der Waals surface area contributed by atoms with E-state index in [1.807, 2.05) is 36.4 Å². The molecule has 1 aromatic heterocycles. The SMILES string of the molecule is C=CCOc1ccc([C@@H]2CC(=O)Nc3nc(SCc4ccccc4)[nH]c(=O)c32)cc1OC. The van der Waals surface area contributed by atoms with Gasteiger partial charge in [0.15, 0.2) is 16.7 Å². The van der Waals surface area contributed by atoms with Crippen LogP contribution < -0.4 is 20.3 Å². The van der Waals surface area contributed by atoms with Crippen LogP contribution in [0.2, 0.25) is 0 Å². The van der Waals surface area contributed by atoms with Gasteiger partial charge < -0.3 is 19.8 Å². The van der Waals surface area contributed by atoms with E-state index in [4.69, 9.17) is 9.47 Å². The first-order valence-corrected chi connectivity index (χ1v) is 11.1. The number of aromatic amines is 1. The van der Waals surface area contributed by atoms with Gasteiger partial charge in [-0.2, -0.15) is 0 Å². The molecule has 164 valence electrons. The van der Waals surface area contributed by atoms with Crippen molar-refractivity contribution in [3.05, 3.63) is 88.2 Å². The molecule has 0 fully saturated rings. The zero-order chi connectivity index (χ0) is 22.5. The molecule has 2 aromatic carbocycles. The molecule has 1 aliphatic heterocycles. The predicted octanol–water partition coefficient (Wildman–Crippen LogP) is 4.11. The number of methoxy groups -OCH3 is 1. The second-order valence-corrected chi connectivity index (χ2v) is 8.19. The Morgan fingerprint density at radius 1 is 1.19 bits per heavy atom. The van der Waals surface area contributed by atoms with Crippen LogP contribution in [0.5, 0.6) is 11.5 Å². The monoisotopic (exact) mass is 449 g/mol. The third kappa shape index (κ3) is 4.70. The predicted molar refractivity (Wildman–Crippen MR) is 125 cm³/mol. The van der Waals surface area contributed by atoms with Gasteiger partial charge >= 0.3 is 0 Å². The Kier molecular flexibility index (Phi) is 6.61. The number of aromatic nitrogens is 2. The highest BCUT2D eigenvalue weighted by Crippen LogP contribution is 2.38. The van der Waals surface area contributed by atoms with Crippen molar-refractivity contribution in [2.24, 2.45) is 0 Å². The van der Waals surface area contributed by atoms with Gasteiger partial charge in [-0.1, -0.05) is 60.8 Å². The van der Waals surface area contributed by atoms with E-state index in [1.54, 1.807) is 25.3 Å². The van der Waals surface area contributed by atoms with Crippen molar-refractivity contribution in [3.63, 3.8) is 0 Å². The van der Waals surface area contributed by atoms with Gasteiger partial charge in [-0.25, -0.2) is 4.98 Å². The number of hydrogen-bond acceptors (Lipinski definition) is 6. The third-order valence-electron chi connectivity index (χ3n) is 5.09. The van der Waals surface area contributed by atoms with E-state index in [9.17, 15) is 9.59 Å². The van der Waals surface area contributed by atoms with Gasteiger partial charge in [0.2, 0.25) is 5.91 Å². The summed E-state index contributed by atoms with van der Waals surface area (Å²) in [4.78, 5) is 32.8. The van der Waals surface area contributed by atoms with E-state index < -0.39 is 5.92 Å². The fourth-order valence-electron chi connectivity index (χ4n) is 3.60. The number of fused-ring (bicyclic) bond motifs is 1. The first kappa shape index (κ1) is 21.7. The summed E-state index contributed by atoms with van der Waals surface area (Å²) in [5, 5.41) is 3.22. The summed E-state index contributed by atoms with van der Waals surface area (Å²) in [7, 11) is 1.55. The standard InChI is InChI=1S/C24H23N3O4S/c1-3-11-31-18-10-9-16(12-19(18)30-2)17-13-20(28)25-22-21(17)23(29)27-24(26-22)32-14-15-7-5-4-6-8-15/h3-10,12,17H,1,11,13-14H2,2H3,(H2,25,26,27,28,29)/t17-/m0/s1. The van der Waals surface area contributed by atoms with Crippen LogP contribution in [0.15, 0.2) is 71.1 Å². The number of amides is 1. The van der Waals surface area contributed by atoms with Crippen LogP contribution in [0, 0.1) is 0 Å². The summed E-state index contributed by atoms with van der Waals surface area (Å²) >= 11 is 1.41. The maximum Gasteiger partial charge on any atom is 0.257 e. The second-order valence-electron chi connectivity index (χ2n) is 7.22. The number of thioether (sulfide) groups is 1. The fraction of sp³-hybridized carbons (Fsp3) is 0.208. The molecule has 0 aliphatic carbocycles. The molecule has 8 heteroatoms. The van der Waals surface area contributed by atoms with Crippen LogP contribution in [0.1, 0.15) is 29.0 Å². The van der Waals surface area contributed by atoms with E-state index in [0.29, 0.717) is 40.4 Å². The molecule has 1 atom stereocenters. The topological polar surface area (TPSA) is 93.3 Å². The Hall–Kier alpha value is -3.52. The molecule has 1 aliphatic rings. The lowest BCUT2D eigenvalue weighted by molar-refractivity contribution is -0.116. The van der Waals surface area contributed by atoms with E-state index >= 15 is 0 Å². The number of rotatable bonds is 8. The first-order chi connectivity index (χ1) is 15.6. The van der Waals surface area contributed by atoms with Gasteiger partial charge in [0.25, 0.3) is 5.56 Å². The Balaban J connectivity index is 1.65. The minimum Gasteiger partial charge on any atom is -0.493 e. The Morgan fingerprint density at radius 2 is 2.00 bits per heavy atom. The van der Waals surface area contributed by atoms with Gasteiger partial charge in [0.1, 0.15) is 12.4 Å². The first-order valence-electron chi connectivity index (χ1n) is 10.1. The normalized spacial score (nSPS) is 14.9. The van der Waals surface area contributed by atoms with Crippen LogP contribution in [-0.2, 0) is 10.5 Å². The second kappa shape index (κ2) is 9.74. The van der Waals surface area contributed by atoms with Crippen LogP contribution in [0.4, 0.5) is 5.82 Å². The minimum absolute atomic E-state index is 0.143. The van der Waals surface area contributed by atoms with Crippen molar-refractivity contribution in [1.29, 1.82) is 0 Å². The summed E-state index contributed by atoms with van der Waals surface area (Å²) < 4.78 is 11.1. The van der Waals surface area contributed by atoms with Crippen molar-refractivity contribution in [1.82, 2.24) is 9.97 Å². The number of H-pyrrole nitrogens is 1. The fourth-order valence-corrected chi connectivity index (χ4v) is 4.42. The Morgan fingerprint density at radius 3 is 2.75 bits per heavy atom. The van der Waals surface area contributed by atoms with Crippen LogP contribution in [0.25, 0.3) is 0 Å². The number of ether oxygens (including phenoxy) is 2. The minimum atomic E-state index is -0.439. The maximum absolute atomic E-state index is 13.0. The summed E-state index contributed by atoms with van der Waals surface area (Å²) in [5.41, 5.74) is 2.07. The molecule has 3 aromatic rings. The Bertz CT molecular complexity index is 1190. The lowest BCUT2D eigenvalue weighted by atomic mass is 9.86. The van der Waals surface area contributed by atoms with Crippen molar-refractivity contribution >= 4 is 23.5 Å². The van der Waals surface area contributed by atoms with Crippen LogP contribution in [-0.4, -0.2) is 29.6 Å².